The molecule has 4 nitrogen and oxygen atoms in total. The minimum Gasteiger partial charge on any atom is -0.325 e. The van der Waals surface area contributed by atoms with E-state index in [1.54, 1.807) is 0 Å². The number of fused-ring (bicyclic) bond motifs is 1. The Bertz CT molecular complexity index is 479. The molecule has 1 aromatic heterocycles. The Hall–Kier alpha value is -1.29. The molecule has 0 saturated heterocycles. The first kappa shape index (κ1) is 10.2. The summed E-state index contributed by atoms with van der Waals surface area (Å²) < 4.78 is 0. The first-order chi connectivity index (χ1) is 7.09. The van der Waals surface area contributed by atoms with E-state index in [9.17, 15) is 9.59 Å². The summed E-state index contributed by atoms with van der Waals surface area (Å²) in [4.78, 5) is 25.2. The summed E-state index contributed by atoms with van der Waals surface area (Å²) in [6.07, 6.45) is 2.67. The number of rotatable bonds is 1. The molecule has 0 bridgehead atoms. The van der Waals surface area contributed by atoms with Crippen LogP contribution in [0.2, 0.25) is 5.02 Å². The number of halogens is 1. The number of hydrogen-bond donors (Lipinski definition) is 2. The Morgan fingerprint density at radius 1 is 1.47 bits per heavy atom. The van der Waals surface area contributed by atoms with Gasteiger partial charge in [-0.2, -0.15) is 0 Å². The lowest BCUT2D eigenvalue weighted by molar-refractivity contribution is -0.114. The molecule has 0 saturated carbocycles. The Labute approximate surface area is 91.6 Å². The average Bonchev–Trinajstić information content (AvgIpc) is 2.59. The van der Waals surface area contributed by atoms with Crippen LogP contribution in [0, 0.1) is 0 Å². The normalized spacial score (nSPS) is 13.7. The van der Waals surface area contributed by atoms with Gasteiger partial charge in [-0.25, -0.2) is 0 Å². The highest BCUT2D eigenvalue weighted by atomic mass is 35.5. The lowest BCUT2D eigenvalue weighted by Gasteiger charge is -2.10. The van der Waals surface area contributed by atoms with Crippen molar-refractivity contribution in [3.8, 4) is 0 Å². The number of amides is 1. The van der Waals surface area contributed by atoms with Crippen LogP contribution in [0.5, 0.6) is 0 Å². The molecule has 1 amide bonds. The van der Waals surface area contributed by atoms with Crippen LogP contribution in [-0.4, -0.2) is 10.9 Å². The van der Waals surface area contributed by atoms with Gasteiger partial charge < -0.3 is 10.3 Å². The quantitative estimate of drug-likeness (QED) is 0.762. The molecule has 0 radical (unpaired) electrons. The fourth-order valence-corrected chi connectivity index (χ4v) is 2.11. The minimum atomic E-state index is -0.332. The molecule has 0 unspecified atom stereocenters. The van der Waals surface area contributed by atoms with Crippen LogP contribution in [0.3, 0.4) is 0 Å². The molecule has 2 rings (SSSR count). The minimum absolute atomic E-state index is 0.0749. The summed E-state index contributed by atoms with van der Waals surface area (Å²) in [5.41, 5.74) is 2.02. The molecule has 5 heteroatoms. The molecule has 15 heavy (non-hydrogen) atoms. The Balaban J connectivity index is 2.60. The fraction of sp³-hybridized carbons (Fsp3) is 0.400. The second-order valence-electron chi connectivity index (χ2n) is 3.63. The number of anilines is 1. The second kappa shape index (κ2) is 3.70. The highest BCUT2D eigenvalue weighted by Gasteiger charge is 2.20. The maximum Gasteiger partial charge on any atom is 0.269 e. The van der Waals surface area contributed by atoms with Crippen molar-refractivity contribution in [2.45, 2.75) is 26.2 Å². The second-order valence-corrected chi connectivity index (χ2v) is 4.01. The Morgan fingerprint density at radius 2 is 2.20 bits per heavy atom. The van der Waals surface area contributed by atoms with Crippen LogP contribution in [0.4, 0.5) is 5.69 Å². The lowest BCUT2D eigenvalue weighted by Crippen LogP contribution is -2.16. The van der Waals surface area contributed by atoms with Crippen LogP contribution in [0.15, 0.2) is 4.79 Å². The molecule has 2 N–H and O–H groups in total. The molecule has 0 spiro atoms. The molecule has 1 aliphatic rings. The van der Waals surface area contributed by atoms with Gasteiger partial charge in [-0.3, -0.25) is 9.59 Å². The Morgan fingerprint density at radius 3 is 2.87 bits per heavy atom. The van der Waals surface area contributed by atoms with Gasteiger partial charge in [0, 0.05) is 12.6 Å². The summed E-state index contributed by atoms with van der Waals surface area (Å²) in [6.45, 7) is 1.40. The maximum atomic E-state index is 11.4. The number of aryl methyl sites for hydroxylation is 1. The zero-order chi connectivity index (χ0) is 11.0. The molecule has 1 heterocycles. The number of carbonyl (C=O) groups excluding carboxylic acids is 1. The van der Waals surface area contributed by atoms with Crippen LogP contribution in [0.1, 0.15) is 24.6 Å². The third-order valence-electron chi connectivity index (χ3n) is 2.50. The third kappa shape index (κ3) is 1.77. The number of aromatic amines is 1. The maximum absolute atomic E-state index is 11.4. The monoisotopic (exact) mass is 226 g/mol. The summed E-state index contributed by atoms with van der Waals surface area (Å²) in [7, 11) is 0. The van der Waals surface area contributed by atoms with E-state index in [0.717, 1.165) is 30.5 Å². The van der Waals surface area contributed by atoms with Gasteiger partial charge in [0.15, 0.2) is 0 Å². The molecular formula is C10H11ClN2O2. The van der Waals surface area contributed by atoms with Gasteiger partial charge in [-0.1, -0.05) is 11.6 Å². The van der Waals surface area contributed by atoms with Crippen LogP contribution in [-0.2, 0) is 17.6 Å². The van der Waals surface area contributed by atoms with Crippen molar-refractivity contribution in [1.29, 1.82) is 0 Å². The van der Waals surface area contributed by atoms with E-state index in [2.05, 4.69) is 10.3 Å². The van der Waals surface area contributed by atoms with E-state index < -0.39 is 0 Å². The lowest BCUT2D eigenvalue weighted by atomic mass is 10.2. The van der Waals surface area contributed by atoms with Crippen molar-refractivity contribution < 1.29 is 4.79 Å². The van der Waals surface area contributed by atoms with E-state index in [1.807, 2.05) is 0 Å². The smallest absolute Gasteiger partial charge is 0.269 e. The molecule has 1 aliphatic carbocycles. The van der Waals surface area contributed by atoms with E-state index in [4.69, 9.17) is 11.6 Å². The van der Waals surface area contributed by atoms with E-state index >= 15 is 0 Å². The summed E-state index contributed by atoms with van der Waals surface area (Å²) in [5, 5.41) is 2.70. The SMILES string of the molecule is CC(=O)Nc1c2c([nH]c(=O)c1Cl)CCC2. The number of aromatic nitrogens is 1. The van der Waals surface area contributed by atoms with Crippen LogP contribution < -0.4 is 10.9 Å². The van der Waals surface area contributed by atoms with E-state index in [0.29, 0.717) is 5.69 Å². The van der Waals surface area contributed by atoms with Gasteiger partial charge >= 0.3 is 0 Å². The standard InChI is InChI=1S/C10H11ClN2O2/c1-5(14)12-9-6-3-2-4-7(6)13-10(15)8(9)11/h2-4H2,1H3,(H2,12,13,14,15). The highest BCUT2D eigenvalue weighted by molar-refractivity contribution is 6.33. The summed E-state index contributed by atoms with van der Waals surface area (Å²) >= 11 is 5.86. The van der Waals surface area contributed by atoms with Gasteiger partial charge in [0.25, 0.3) is 5.56 Å². The number of carbonyl (C=O) groups is 1. The molecule has 80 valence electrons. The van der Waals surface area contributed by atoms with Crippen molar-refractivity contribution in [3.63, 3.8) is 0 Å². The molecular weight excluding hydrogens is 216 g/mol. The zero-order valence-electron chi connectivity index (χ0n) is 8.32. The number of H-pyrrole nitrogens is 1. The first-order valence-corrected chi connectivity index (χ1v) is 5.18. The number of hydrogen-bond acceptors (Lipinski definition) is 2. The average molecular weight is 227 g/mol. The van der Waals surface area contributed by atoms with Gasteiger partial charge in [-0.15, -0.1) is 0 Å². The van der Waals surface area contributed by atoms with E-state index in [1.165, 1.54) is 6.92 Å². The molecule has 0 aliphatic heterocycles. The summed E-state index contributed by atoms with van der Waals surface area (Å²) in [6, 6.07) is 0. The topological polar surface area (TPSA) is 62.0 Å². The molecule has 0 atom stereocenters. The number of pyridine rings is 1. The van der Waals surface area contributed by atoms with E-state index in [-0.39, 0.29) is 16.5 Å². The Kier molecular flexibility index (Phi) is 2.52. The third-order valence-corrected chi connectivity index (χ3v) is 2.86. The van der Waals surface area contributed by atoms with Crippen molar-refractivity contribution in [2.75, 3.05) is 5.32 Å². The van der Waals surface area contributed by atoms with Crippen molar-refractivity contribution in [2.24, 2.45) is 0 Å². The number of nitrogens with one attached hydrogen (secondary N) is 2. The van der Waals surface area contributed by atoms with Crippen molar-refractivity contribution >= 4 is 23.2 Å². The summed E-state index contributed by atoms with van der Waals surface area (Å²) in [5.74, 6) is -0.211. The zero-order valence-corrected chi connectivity index (χ0v) is 9.07. The molecule has 0 aromatic carbocycles. The van der Waals surface area contributed by atoms with Gasteiger partial charge in [0.05, 0.1) is 5.69 Å². The molecule has 0 fully saturated rings. The van der Waals surface area contributed by atoms with Gasteiger partial charge in [0.2, 0.25) is 5.91 Å². The highest BCUT2D eigenvalue weighted by Crippen LogP contribution is 2.30. The van der Waals surface area contributed by atoms with Crippen molar-refractivity contribution in [3.05, 3.63) is 26.6 Å². The predicted octanol–water partition coefficient (Wildman–Crippen LogP) is 1.48. The molecule has 1 aromatic rings. The largest absolute Gasteiger partial charge is 0.325 e. The fourth-order valence-electron chi connectivity index (χ4n) is 1.90. The van der Waals surface area contributed by atoms with Crippen molar-refractivity contribution in [1.82, 2.24) is 4.98 Å². The predicted molar refractivity (Wildman–Crippen MR) is 58.4 cm³/mol. The van der Waals surface area contributed by atoms with Gasteiger partial charge in [-0.05, 0) is 24.8 Å². The van der Waals surface area contributed by atoms with Crippen LogP contribution in [0.25, 0.3) is 0 Å². The van der Waals surface area contributed by atoms with Gasteiger partial charge in [0.1, 0.15) is 5.02 Å². The van der Waals surface area contributed by atoms with Crippen LogP contribution >= 0.6 is 11.6 Å². The first-order valence-electron chi connectivity index (χ1n) is 4.80.